The zero-order chi connectivity index (χ0) is 37.4. The van der Waals surface area contributed by atoms with Crippen LogP contribution in [-0.2, 0) is 0 Å². The van der Waals surface area contributed by atoms with E-state index in [0.717, 1.165) is 0 Å². The minimum absolute atomic E-state index is 0.289. The van der Waals surface area contributed by atoms with Crippen molar-refractivity contribution < 1.29 is 124 Å². The average Bonchev–Trinajstić information content (AvgIpc) is 2.81. The predicted molar refractivity (Wildman–Crippen MR) is 89.3 cm³/mol. The van der Waals surface area contributed by atoms with Gasteiger partial charge in [-0.3, -0.25) is 0 Å². The third-order valence-electron chi connectivity index (χ3n) is 5.11. The van der Waals surface area contributed by atoms with Gasteiger partial charge in [0.2, 0.25) is 0 Å². The molecule has 0 spiro atoms. The van der Waals surface area contributed by atoms with E-state index >= 15 is 0 Å². The molecule has 0 aliphatic carbocycles. The molecule has 0 saturated heterocycles. The van der Waals surface area contributed by atoms with Gasteiger partial charge in [-0.05, 0) is 12.1 Å². The molecule has 0 aliphatic rings. The van der Waals surface area contributed by atoms with Crippen molar-refractivity contribution in [3.63, 3.8) is 0 Å². The van der Waals surface area contributed by atoms with Crippen molar-refractivity contribution in [3.05, 3.63) is 24.3 Å². The number of halogens is 26. The van der Waals surface area contributed by atoms with Crippen LogP contribution in [0.3, 0.4) is 0 Å². The lowest BCUT2D eigenvalue weighted by Crippen LogP contribution is -2.71. The molecule has 0 heterocycles. The molecule has 1 aromatic carbocycles. The highest BCUT2D eigenvalue weighted by atomic mass is 19.4. The minimum atomic E-state index is -8.47. The topological polar surface area (TPSA) is 18.5 Å². The highest BCUT2D eigenvalue weighted by Crippen LogP contribution is 2.62. The normalized spacial score (nSPS) is 16.0. The summed E-state index contributed by atoms with van der Waals surface area (Å²) in [5, 5.41) is 0. The summed E-state index contributed by atoms with van der Waals surface area (Å²) in [5.41, 5.74) is 0. The van der Waals surface area contributed by atoms with E-state index in [0.29, 0.717) is 0 Å². The van der Waals surface area contributed by atoms with Crippen molar-refractivity contribution in [2.45, 2.75) is 72.0 Å². The molecule has 2 nitrogen and oxygen atoms in total. The number of ether oxygens (including phenoxy) is 2. The van der Waals surface area contributed by atoms with Crippen molar-refractivity contribution in [3.8, 4) is 11.5 Å². The summed E-state index contributed by atoms with van der Waals surface area (Å²) in [6, 6.07) is -2.17. The van der Waals surface area contributed by atoms with Crippen molar-refractivity contribution >= 4 is 0 Å². The number of hydrogen-bond acceptors (Lipinski definition) is 2. The second-order valence-electron chi connectivity index (χ2n) is 8.30. The van der Waals surface area contributed by atoms with Crippen LogP contribution in [0.5, 0.6) is 11.5 Å². The third kappa shape index (κ3) is 5.73. The first-order valence-electron chi connectivity index (χ1n) is 10.1. The van der Waals surface area contributed by atoms with Crippen molar-refractivity contribution in [1.29, 1.82) is 0 Å². The fourth-order valence-electron chi connectivity index (χ4n) is 2.54. The first-order valence-corrected chi connectivity index (χ1v) is 10.1. The largest absolute Gasteiger partial charge is 0.471 e. The van der Waals surface area contributed by atoms with Gasteiger partial charge in [-0.2, -0.15) is 114 Å². The van der Waals surface area contributed by atoms with Crippen molar-refractivity contribution in [2.75, 3.05) is 0 Å². The number of alkyl halides is 26. The molecular weight excluding hydrogens is 742 g/mol. The van der Waals surface area contributed by atoms with E-state index in [-0.39, 0.29) is 6.07 Å². The minimum Gasteiger partial charge on any atom is -0.428 e. The van der Waals surface area contributed by atoms with Crippen LogP contribution in [0.15, 0.2) is 24.3 Å². The molecule has 46 heavy (non-hydrogen) atoms. The van der Waals surface area contributed by atoms with Crippen molar-refractivity contribution in [1.82, 2.24) is 0 Å². The van der Waals surface area contributed by atoms with Gasteiger partial charge in [0.25, 0.3) is 0 Å². The predicted octanol–water partition coefficient (Wildman–Crippen LogP) is 9.84. The second kappa shape index (κ2) is 10.8. The Bertz CT molecular complexity index is 1150. The zero-order valence-corrected chi connectivity index (χ0v) is 20.0. The van der Waals surface area contributed by atoms with E-state index in [2.05, 4.69) is 9.47 Å². The molecular formula is C18H4F26O2. The highest BCUT2D eigenvalue weighted by Gasteiger charge is 2.93. The Morgan fingerprint density at radius 1 is 0.304 bits per heavy atom. The van der Waals surface area contributed by atoms with Crippen LogP contribution in [0.4, 0.5) is 114 Å². The van der Waals surface area contributed by atoms with E-state index < -0.39 is 102 Å². The van der Waals surface area contributed by atoms with Gasteiger partial charge >= 0.3 is 72.0 Å². The molecule has 1 aromatic rings. The number of hydrogen-bond donors (Lipinski definition) is 0. The first-order chi connectivity index (χ1) is 19.7. The van der Waals surface area contributed by atoms with Crippen LogP contribution in [0, 0.1) is 0 Å². The molecule has 0 aliphatic heterocycles. The second-order valence-corrected chi connectivity index (χ2v) is 8.30. The Kier molecular flexibility index (Phi) is 9.60. The standard InChI is InChI=1S/C18H4F26O2/c19-7(20,11(27,28)15(35,36)37)9(23,24)13(31,32)17(41,42)45-5-2-1-3-6(4-5)46-18(43,44)14(33,34)10(25,26)8(21,22)12(29,30)16(38,39)40/h1-4H. The summed E-state index contributed by atoms with van der Waals surface area (Å²) in [4.78, 5) is 0. The lowest BCUT2D eigenvalue weighted by atomic mass is 9.97. The molecule has 1 rings (SSSR count). The molecule has 0 N–H and O–H groups in total. The summed E-state index contributed by atoms with van der Waals surface area (Å²) in [6.07, 6.45) is -30.6. The molecule has 270 valence electrons. The fourth-order valence-corrected chi connectivity index (χ4v) is 2.54. The van der Waals surface area contributed by atoms with Crippen LogP contribution in [0.25, 0.3) is 0 Å². The van der Waals surface area contributed by atoms with Gasteiger partial charge in [0.15, 0.2) is 0 Å². The monoisotopic (exact) mass is 746 g/mol. The van der Waals surface area contributed by atoms with Crippen LogP contribution in [0.1, 0.15) is 0 Å². The molecule has 28 heteroatoms. The summed E-state index contributed by atoms with van der Waals surface area (Å²) in [6.45, 7) is 0. The Balaban J connectivity index is 3.54. The number of benzene rings is 1. The molecule has 0 bridgehead atoms. The van der Waals surface area contributed by atoms with Crippen LogP contribution >= 0.6 is 0 Å². The van der Waals surface area contributed by atoms with Gasteiger partial charge in [-0.25, -0.2) is 0 Å². The third-order valence-corrected chi connectivity index (χ3v) is 5.11. The van der Waals surface area contributed by atoms with E-state index in [1.54, 1.807) is 0 Å². The maximum Gasteiger partial charge on any atom is 0.471 e. The fraction of sp³-hybridized carbons (Fsp3) is 0.667. The molecule has 0 fully saturated rings. The Morgan fingerprint density at radius 2 is 0.522 bits per heavy atom. The average molecular weight is 746 g/mol. The number of rotatable bonds is 12. The zero-order valence-electron chi connectivity index (χ0n) is 20.0. The Morgan fingerprint density at radius 3 is 0.739 bits per heavy atom. The van der Waals surface area contributed by atoms with Crippen molar-refractivity contribution in [2.24, 2.45) is 0 Å². The van der Waals surface area contributed by atoms with Gasteiger partial charge < -0.3 is 9.47 Å². The van der Waals surface area contributed by atoms with E-state index in [9.17, 15) is 114 Å². The lowest BCUT2D eigenvalue weighted by Gasteiger charge is -2.39. The highest BCUT2D eigenvalue weighted by molar-refractivity contribution is 5.34. The molecule has 0 radical (unpaired) electrons. The summed E-state index contributed by atoms with van der Waals surface area (Å²) < 4.78 is 346. The Labute approximate surface area is 232 Å². The maximum absolute atomic E-state index is 13.8. The SMILES string of the molecule is FC(F)(F)C(F)(F)C(F)(F)C(F)(F)C(F)(F)C(F)(F)Oc1cccc(OC(F)(F)C(F)(F)C(F)(F)C(F)(F)C(F)(F)C(F)(F)F)c1. The summed E-state index contributed by atoms with van der Waals surface area (Å²) in [7, 11) is 0. The van der Waals surface area contributed by atoms with Crippen LogP contribution in [0.2, 0.25) is 0 Å². The smallest absolute Gasteiger partial charge is 0.428 e. The van der Waals surface area contributed by atoms with E-state index in [4.69, 9.17) is 0 Å². The molecule has 0 amide bonds. The van der Waals surface area contributed by atoms with Crippen LogP contribution in [-0.4, -0.2) is 72.0 Å². The molecule has 0 unspecified atom stereocenters. The van der Waals surface area contributed by atoms with Gasteiger partial charge in [0.1, 0.15) is 11.5 Å². The Hall–Kier alpha value is -3.00. The van der Waals surface area contributed by atoms with Gasteiger partial charge in [0, 0.05) is 6.07 Å². The summed E-state index contributed by atoms with van der Waals surface area (Å²) in [5.74, 6) is -71.7. The lowest BCUT2D eigenvalue weighted by molar-refractivity contribution is -0.457. The molecule has 0 aromatic heterocycles. The summed E-state index contributed by atoms with van der Waals surface area (Å²) >= 11 is 0. The van der Waals surface area contributed by atoms with E-state index in [1.165, 1.54) is 0 Å². The van der Waals surface area contributed by atoms with E-state index in [1.807, 2.05) is 0 Å². The quantitative estimate of drug-likeness (QED) is 0.199. The van der Waals surface area contributed by atoms with Crippen LogP contribution < -0.4 is 9.47 Å². The van der Waals surface area contributed by atoms with Gasteiger partial charge in [0.05, 0.1) is 0 Å². The van der Waals surface area contributed by atoms with Gasteiger partial charge in [-0.1, -0.05) is 6.07 Å². The van der Waals surface area contributed by atoms with Gasteiger partial charge in [-0.15, -0.1) is 0 Å². The maximum atomic E-state index is 13.8. The first kappa shape index (κ1) is 41.0. The molecule has 0 atom stereocenters. The molecule has 0 saturated carbocycles.